The van der Waals surface area contributed by atoms with Crippen molar-refractivity contribution in [2.75, 3.05) is 36.3 Å². The molecule has 0 aliphatic heterocycles. The van der Waals surface area contributed by atoms with Crippen molar-refractivity contribution in [3.8, 4) is 0 Å². The average Bonchev–Trinajstić information content (AvgIpc) is 2.44. The van der Waals surface area contributed by atoms with Gasteiger partial charge < -0.3 is 18.9 Å². The first-order valence-electron chi connectivity index (χ1n) is 5.76. The molecule has 0 N–H and O–H groups in total. The summed E-state index contributed by atoms with van der Waals surface area (Å²) >= 11 is 4.18. The second kappa shape index (κ2) is 12.8. The lowest BCUT2D eigenvalue weighted by atomic mass is 10.4. The zero-order valence-electron chi connectivity index (χ0n) is 11.3. The summed E-state index contributed by atoms with van der Waals surface area (Å²) in [4.78, 5) is 22.9. The van der Waals surface area contributed by atoms with Gasteiger partial charge in [0, 0.05) is 35.2 Å². The van der Waals surface area contributed by atoms with Crippen LogP contribution in [0.15, 0.2) is 12.2 Å². The van der Waals surface area contributed by atoms with Crippen molar-refractivity contribution in [3.63, 3.8) is 0 Å². The van der Waals surface area contributed by atoms with Crippen molar-refractivity contribution in [2.45, 2.75) is 12.2 Å². The summed E-state index contributed by atoms with van der Waals surface area (Å²) in [5.74, 6) is -1.20. The van der Waals surface area contributed by atoms with Crippen molar-refractivity contribution in [2.24, 2.45) is 0 Å². The fourth-order valence-corrected chi connectivity index (χ4v) is 2.00. The van der Waals surface area contributed by atoms with Gasteiger partial charge in [0.25, 0.3) is 0 Å². The van der Waals surface area contributed by atoms with Gasteiger partial charge in [0.2, 0.25) is 0 Å². The van der Waals surface area contributed by atoms with Crippen LogP contribution in [-0.2, 0) is 28.5 Å². The van der Waals surface area contributed by atoms with Gasteiger partial charge in [0.1, 0.15) is 12.2 Å². The summed E-state index contributed by atoms with van der Waals surface area (Å²) in [5.41, 5.74) is 0. The molecule has 0 amide bonds. The van der Waals surface area contributed by atoms with E-state index >= 15 is 0 Å². The van der Waals surface area contributed by atoms with Crippen LogP contribution in [0.4, 0.5) is 0 Å². The molecule has 0 rings (SSSR count). The third-order valence-corrected chi connectivity index (χ3v) is 3.94. The second-order valence-electron chi connectivity index (χ2n) is 3.67. The number of hydrogen-bond acceptors (Lipinski definition) is 6. The maximum Gasteiger partial charge on any atom is 0.331 e. The molecule has 6 nitrogen and oxygen atoms in total. The molecule has 116 valence electrons. The summed E-state index contributed by atoms with van der Waals surface area (Å²) in [6, 6.07) is 0. The molecule has 0 bridgehead atoms. The number of carbonyl (C=O) groups excluding carboxylic acids is 2. The van der Waals surface area contributed by atoms with Gasteiger partial charge in [0.05, 0.1) is 13.2 Å². The monoisotopic (exact) mass is 512 g/mol. The Morgan fingerprint density at radius 2 is 1.25 bits per heavy atom. The molecule has 0 heterocycles. The first-order chi connectivity index (χ1) is 9.57. The van der Waals surface area contributed by atoms with E-state index in [0.29, 0.717) is 22.1 Å². The lowest BCUT2D eigenvalue weighted by molar-refractivity contribution is -0.146. The molecule has 0 saturated carbocycles. The summed E-state index contributed by atoms with van der Waals surface area (Å²) in [6.07, 6.45) is 1.44. The van der Waals surface area contributed by atoms with Crippen LogP contribution in [0.2, 0.25) is 0 Å². The SMILES string of the molecule is COCC(CI)OC(=O)C=CC(=O)OC(CI)COC. The third kappa shape index (κ3) is 9.88. The molecule has 0 aromatic rings. The molecule has 0 radical (unpaired) electrons. The van der Waals surface area contributed by atoms with Crippen LogP contribution in [0.1, 0.15) is 0 Å². The summed E-state index contributed by atoms with van der Waals surface area (Å²) in [7, 11) is 3.06. The van der Waals surface area contributed by atoms with Crippen LogP contribution < -0.4 is 0 Å². The summed E-state index contributed by atoms with van der Waals surface area (Å²) in [6.45, 7) is 0.634. The molecule has 8 heteroatoms. The Balaban J connectivity index is 4.19. The number of esters is 2. The Hall–Kier alpha value is 0.0600. The van der Waals surface area contributed by atoms with E-state index in [1.807, 2.05) is 0 Å². The minimum atomic E-state index is -0.599. The molecule has 0 aromatic carbocycles. The van der Waals surface area contributed by atoms with E-state index in [4.69, 9.17) is 18.9 Å². The summed E-state index contributed by atoms with van der Waals surface area (Å²) < 4.78 is 21.2. The van der Waals surface area contributed by atoms with Gasteiger partial charge in [-0.3, -0.25) is 0 Å². The van der Waals surface area contributed by atoms with Crippen molar-refractivity contribution in [1.82, 2.24) is 0 Å². The fraction of sp³-hybridized carbons (Fsp3) is 0.667. The van der Waals surface area contributed by atoms with Crippen LogP contribution in [0, 0.1) is 0 Å². The second-order valence-corrected chi connectivity index (χ2v) is 5.43. The van der Waals surface area contributed by atoms with Crippen LogP contribution in [0.5, 0.6) is 0 Å². The maximum absolute atomic E-state index is 11.5. The highest BCUT2D eigenvalue weighted by Crippen LogP contribution is 2.02. The highest BCUT2D eigenvalue weighted by Gasteiger charge is 2.13. The average molecular weight is 512 g/mol. The smallest absolute Gasteiger partial charge is 0.331 e. The minimum absolute atomic E-state index is 0.317. The zero-order valence-corrected chi connectivity index (χ0v) is 15.7. The zero-order chi connectivity index (χ0) is 15.4. The van der Waals surface area contributed by atoms with Crippen LogP contribution in [-0.4, -0.2) is 60.4 Å². The van der Waals surface area contributed by atoms with Crippen molar-refractivity contribution >= 4 is 57.1 Å². The summed E-state index contributed by atoms with van der Waals surface area (Å²) in [5, 5.41) is 0. The lowest BCUT2D eigenvalue weighted by Gasteiger charge is -2.13. The van der Waals surface area contributed by atoms with Crippen LogP contribution in [0.25, 0.3) is 0 Å². The van der Waals surface area contributed by atoms with Gasteiger partial charge in [-0.05, 0) is 0 Å². The third-order valence-electron chi connectivity index (χ3n) is 1.97. The van der Waals surface area contributed by atoms with Gasteiger partial charge in [-0.15, -0.1) is 0 Å². The van der Waals surface area contributed by atoms with E-state index < -0.39 is 11.9 Å². The molecule has 0 fully saturated rings. The normalized spacial score (nSPS) is 14.0. The minimum Gasteiger partial charge on any atom is -0.456 e. The first kappa shape index (κ1) is 20.1. The molecule has 0 aromatic heterocycles. The number of halogens is 2. The highest BCUT2D eigenvalue weighted by atomic mass is 127. The van der Waals surface area contributed by atoms with Crippen molar-refractivity contribution < 1.29 is 28.5 Å². The van der Waals surface area contributed by atoms with Gasteiger partial charge in [0.15, 0.2) is 0 Å². The largest absolute Gasteiger partial charge is 0.456 e. The van der Waals surface area contributed by atoms with E-state index in [-0.39, 0.29) is 12.2 Å². The van der Waals surface area contributed by atoms with Gasteiger partial charge >= 0.3 is 11.9 Å². The standard InChI is InChI=1S/C12H18I2O6/c1-17-7-9(5-13)19-11(15)3-4-12(16)20-10(6-14)8-18-2/h3-4,9-10H,5-8H2,1-2H3. The Bertz CT molecular complexity index is 291. The number of carbonyl (C=O) groups is 2. The number of ether oxygens (including phenoxy) is 4. The van der Waals surface area contributed by atoms with Crippen LogP contribution >= 0.6 is 45.2 Å². The fourth-order valence-electron chi connectivity index (χ4n) is 1.14. The Morgan fingerprint density at radius 1 is 0.900 bits per heavy atom. The highest BCUT2D eigenvalue weighted by molar-refractivity contribution is 14.1. The molecule has 0 saturated heterocycles. The molecule has 0 aliphatic carbocycles. The Labute approximate surface area is 145 Å². The number of rotatable bonds is 10. The molecular weight excluding hydrogens is 494 g/mol. The van der Waals surface area contributed by atoms with Crippen molar-refractivity contribution in [3.05, 3.63) is 12.2 Å². The van der Waals surface area contributed by atoms with Gasteiger partial charge in [-0.25, -0.2) is 9.59 Å². The first-order valence-corrected chi connectivity index (χ1v) is 8.81. The quantitative estimate of drug-likeness (QED) is 0.192. The Kier molecular flexibility index (Phi) is 12.8. The lowest BCUT2D eigenvalue weighted by Crippen LogP contribution is -2.24. The molecule has 0 aliphatic rings. The van der Waals surface area contributed by atoms with Gasteiger partial charge in [-0.1, -0.05) is 45.2 Å². The van der Waals surface area contributed by atoms with E-state index in [2.05, 4.69) is 45.2 Å². The molecule has 20 heavy (non-hydrogen) atoms. The Morgan fingerprint density at radius 3 is 1.50 bits per heavy atom. The molecule has 2 atom stereocenters. The molecular formula is C12H18I2O6. The van der Waals surface area contributed by atoms with Crippen LogP contribution in [0.3, 0.4) is 0 Å². The number of alkyl halides is 2. The molecule has 2 unspecified atom stereocenters. The van der Waals surface area contributed by atoms with E-state index in [1.165, 1.54) is 14.2 Å². The predicted molar refractivity (Wildman–Crippen MR) is 90.4 cm³/mol. The topological polar surface area (TPSA) is 71.1 Å². The predicted octanol–water partition coefficient (Wildman–Crippen LogP) is 1.53. The molecule has 0 spiro atoms. The number of hydrogen-bond donors (Lipinski definition) is 0. The van der Waals surface area contributed by atoms with E-state index in [9.17, 15) is 9.59 Å². The number of methoxy groups -OCH3 is 2. The van der Waals surface area contributed by atoms with Gasteiger partial charge in [-0.2, -0.15) is 0 Å². The van der Waals surface area contributed by atoms with E-state index in [0.717, 1.165) is 12.2 Å². The van der Waals surface area contributed by atoms with Crippen molar-refractivity contribution in [1.29, 1.82) is 0 Å². The maximum atomic E-state index is 11.5. The van der Waals surface area contributed by atoms with E-state index in [1.54, 1.807) is 0 Å².